The van der Waals surface area contributed by atoms with Crippen molar-refractivity contribution in [3.8, 4) is 0 Å². The van der Waals surface area contributed by atoms with Crippen LogP contribution < -0.4 is 10.2 Å². The summed E-state index contributed by atoms with van der Waals surface area (Å²) in [6.45, 7) is 7.03. The molecule has 2 aliphatic rings. The van der Waals surface area contributed by atoms with Gasteiger partial charge in [-0.25, -0.2) is 13.6 Å². The highest BCUT2D eigenvalue weighted by Gasteiger charge is 2.31. The summed E-state index contributed by atoms with van der Waals surface area (Å²) in [5.41, 5.74) is 1.05. The number of nitrogens with one attached hydrogen (secondary N) is 1. The molecule has 38 heavy (non-hydrogen) atoms. The second-order valence-corrected chi connectivity index (χ2v) is 11.8. The van der Waals surface area contributed by atoms with Crippen molar-refractivity contribution in [3.63, 3.8) is 0 Å². The third kappa shape index (κ3) is 7.08. The Morgan fingerprint density at radius 2 is 1.74 bits per heavy atom. The summed E-state index contributed by atoms with van der Waals surface area (Å²) in [7, 11) is 0. The smallest absolute Gasteiger partial charge is 0.410 e. The zero-order chi connectivity index (χ0) is 27.6. The van der Waals surface area contributed by atoms with Crippen molar-refractivity contribution >= 4 is 46.6 Å². The highest BCUT2D eigenvalue weighted by atomic mass is 35.5. The topological polar surface area (TPSA) is 61.9 Å². The summed E-state index contributed by atoms with van der Waals surface area (Å²) in [6, 6.07) is 7.19. The number of nitrogens with zero attached hydrogens (tertiary/aromatic N) is 2. The Balaban J connectivity index is 1.40. The molecule has 2 heterocycles. The van der Waals surface area contributed by atoms with E-state index >= 15 is 0 Å². The normalized spacial score (nSPS) is 19.0. The van der Waals surface area contributed by atoms with Gasteiger partial charge in [0.15, 0.2) is 0 Å². The molecule has 0 saturated carbocycles. The highest BCUT2D eigenvalue weighted by molar-refractivity contribution is 6.40. The van der Waals surface area contributed by atoms with Gasteiger partial charge in [-0.3, -0.25) is 4.79 Å². The Labute approximate surface area is 232 Å². The summed E-state index contributed by atoms with van der Waals surface area (Å²) in [5.74, 6) is -1.32. The van der Waals surface area contributed by atoms with E-state index in [0.29, 0.717) is 53.8 Å². The van der Waals surface area contributed by atoms with Crippen LogP contribution in [-0.2, 0) is 16.0 Å². The molecule has 2 amide bonds. The number of hydrogen-bond acceptors (Lipinski definition) is 4. The Kier molecular flexibility index (Phi) is 8.72. The average Bonchev–Trinajstić information content (AvgIpc) is 2.82. The van der Waals surface area contributed by atoms with Crippen LogP contribution in [0, 0.1) is 17.6 Å². The number of piperidine rings is 2. The molecule has 0 spiro atoms. The first-order chi connectivity index (χ1) is 17.9. The Morgan fingerprint density at radius 3 is 2.34 bits per heavy atom. The van der Waals surface area contributed by atoms with E-state index in [-0.39, 0.29) is 30.4 Å². The molecule has 2 aromatic carbocycles. The number of halogens is 4. The predicted octanol–water partition coefficient (Wildman–Crippen LogP) is 7.07. The monoisotopic (exact) mass is 567 g/mol. The third-order valence-electron chi connectivity index (χ3n) is 6.84. The molecule has 1 N–H and O–H groups in total. The average molecular weight is 568 g/mol. The van der Waals surface area contributed by atoms with Crippen LogP contribution in [0.3, 0.4) is 0 Å². The van der Waals surface area contributed by atoms with E-state index < -0.39 is 17.2 Å². The molecule has 2 fully saturated rings. The van der Waals surface area contributed by atoms with Crippen molar-refractivity contribution < 1.29 is 23.1 Å². The summed E-state index contributed by atoms with van der Waals surface area (Å²) in [6.07, 6.45) is 2.44. The van der Waals surface area contributed by atoms with Crippen LogP contribution in [0.1, 0.15) is 52.0 Å². The molecule has 4 rings (SSSR count). The second kappa shape index (κ2) is 11.7. The lowest BCUT2D eigenvalue weighted by molar-refractivity contribution is -0.120. The van der Waals surface area contributed by atoms with E-state index in [9.17, 15) is 18.4 Å². The summed E-state index contributed by atoms with van der Waals surface area (Å²) < 4.78 is 32.9. The highest BCUT2D eigenvalue weighted by Crippen LogP contribution is 2.40. The molecule has 0 aromatic heterocycles. The maximum absolute atomic E-state index is 14.2. The first kappa shape index (κ1) is 28.4. The first-order valence-electron chi connectivity index (χ1n) is 12.9. The van der Waals surface area contributed by atoms with Crippen LogP contribution in [0.15, 0.2) is 30.3 Å². The third-order valence-corrected chi connectivity index (χ3v) is 7.41. The fourth-order valence-corrected chi connectivity index (χ4v) is 5.66. The number of benzene rings is 2. The lowest BCUT2D eigenvalue weighted by Gasteiger charge is -2.35. The van der Waals surface area contributed by atoms with E-state index in [1.165, 1.54) is 12.1 Å². The van der Waals surface area contributed by atoms with Crippen molar-refractivity contribution in [2.24, 2.45) is 5.92 Å². The van der Waals surface area contributed by atoms with E-state index in [2.05, 4.69) is 5.32 Å². The quantitative estimate of drug-likeness (QED) is 0.419. The van der Waals surface area contributed by atoms with Crippen LogP contribution in [0.25, 0.3) is 0 Å². The molecule has 2 saturated heterocycles. The van der Waals surface area contributed by atoms with Gasteiger partial charge in [0.25, 0.3) is 0 Å². The number of carbonyl (C=O) groups excluding carboxylic acids is 2. The molecular formula is C28H33Cl2F2N3O3. The van der Waals surface area contributed by atoms with Gasteiger partial charge in [0.2, 0.25) is 5.91 Å². The Bertz CT molecular complexity index is 1170. The minimum atomic E-state index is -0.618. The van der Waals surface area contributed by atoms with Crippen molar-refractivity contribution in [1.29, 1.82) is 0 Å². The molecular weight excluding hydrogens is 535 g/mol. The number of carbonyl (C=O) groups is 2. The number of anilines is 2. The van der Waals surface area contributed by atoms with Gasteiger partial charge in [0.1, 0.15) is 17.2 Å². The van der Waals surface area contributed by atoms with Gasteiger partial charge in [-0.05, 0) is 76.1 Å². The van der Waals surface area contributed by atoms with Gasteiger partial charge < -0.3 is 19.9 Å². The van der Waals surface area contributed by atoms with E-state index in [1.54, 1.807) is 21.9 Å². The molecule has 0 aliphatic carbocycles. The van der Waals surface area contributed by atoms with Crippen LogP contribution in [0.2, 0.25) is 10.0 Å². The van der Waals surface area contributed by atoms with Crippen LogP contribution in [0.4, 0.5) is 25.0 Å². The van der Waals surface area contributed by atoms with Gasteiger partial charge in [-0.1, -0.05) is 29.3 Å². The minimum Gasteiger partial charge on any atom is -0.444 e. The second-order valence-electron chi connectivity index (χ2n) is 11.0. The zero-order valence-electron chi connectivity index (χ0n) is 21.8. The molecule has 6 nitrogen and oxygen atoms in total. The molecule has 10 heteroatoms. The van der Waals surface area contributed by atoms with E-state index in [1.807, 2.05) is 20.8 Å². The van der Waals surface area contributed by atoms with Crippen molar-refractivity contribution in [1.82, 2.24) is 4.90 Å². The molecule has 2 aromatic rings. The summed E-state index contributed by atoms with van der Waals surface area (Å²) in [4.78, 5) is 28.4. The molecule has 1 atom stereocenters. The van der Waals surface area contributed by atoms with Crippen LogP contribution >= 0.6 is 23.2 Å². The maximum Gasteiger partial charge on any atom is 0.410 e. The Morgan fingerprint density at radius 1 is 1.08 bits per heavy atom. The molecule has 206 valence electrons. The van der Waals surface area contributed by atoms with Crippen molar-refractivity contribution in [3.05, 3.63) is 57.6 Å². The number of rotatable bonds is 5. The molecule has 1 unspecified atom stereocenters. The maximum atomic E-state index is 14.2. The van der Waals surface area contributed by atoms with Gasteiger partial charge in [0, 0.05) is 43.9 Å². The Hall–Kier alpha value is -2.58. The fraction of sp³-hybridized carbons (Fsp3) is 0.500. The van der Waals surface area contributed by atoms with Gasteiger partial charge in [0.05, 0.1) is 15.7 Å². The van der Waals surface area contributed by atoms with E-state index in [4.69, 9.17) is 27.9 Å². The van der Waals surface area contributed by atoms with Gasteiger partial charge >= 0.3 is 6.09 Å². The van der Waals surface area contributed by atoms with Crippen LogP contribution in [0.5, 0.6) is 0 Å². The lowest BCUT2D eigenvalue weighted by atomic mass is 9.90. The number of ether oxygens (including phenoxy) is 1. The van der Waals surface area contributed by atoms with Gasteiger partial charge in [-0.15, -0.1) is 0 Å². The SMILES string of the molecule is CC(C)(C)OC(=O)N1CCC(Nc2cc(Cl)c(N3CC(Cc4ccc(F)cc4F)CCC3=O)c(Cl)c2)CC1. The minimum absolute atomic E-state index is 0.0206. The summed E-state index contributed by atoms with van der Waals surface area (Å²) >= 11 is 13.3. The van der Waals surface area contributed by atoms with Crippen molar-refractivity contribution in [2.75, 3.05) is 29.9 Å². The molecule has 0 bridgehead atoms. The predicted molar refractivity (Wildman–Crippen MR) is 146 cm³/mol. The first-order valence-corrected chi connectivity index (χ1v) is 13.6. The summed E-state index contributed by atoms with van der Waals surface area (Å²) in [5, 5.41) is 4.12. The number of amides is 2. The van der Waals surface area contributed by atoms with E-state index in [0.717, 1.165) is 24.6 Å². The lowest BCUT2D eigenvalue weighted by Crippen LogP contribution is -2.44. The standard InChI is InChI=1S/C28H33Cl2F2N3O3/c1-28(2,3)38-27(37)34-10-8-20(9-11-34)33-21-14-22(29)26(23(30)15-21)35-16-17(4-7-25(35)36)12-18-5-6-19(31)13-24(18)32/h5-6,13-15,17,20,33H,4,7-12,16H2,1-3H3. The zero-order valence-corrected chi connectivity index (χ0v) is 23.3. The molecule has 2 aliphatic heterocycles. The van der Waals surface area contributed by atoms with Crippen molar-refractivity contribution in [2.45, 2.75) is 64.5 Å². The van der Waals surface area contributed by atoms with Gasteiger partial charge in [-0.2, -0.15) is 0 Å². The largest absolute Gasteiger partial charge is 0.444 e. The van der Waals surface area contributed by atoms with Crippen LogP contribution in [-0.4, -0.2) is 48.2 Å². The number of hydrogen-bond donors (Lipinski definition) is 1. The fourth-order valence-electron chi connectivity index (χ4n) is 4.97. The molecule has 0 radical (unpaired) electrons. The number of likely N-dealkylation sites (tertiary alicyclic amines) is 1.